The topological polar surface area (TPSA) is 0 Å². The summed E-state index contributed by atoms with van der Waals surface area (Å²) in [7, 11) is 0. The Morgan fingerprint density at radius 3 is 2.31 bits per heavy atom. The van der Waals surface area contributed by atoms with Crippen molar-refractivity contribution >= 4 is 0 Å². The molecule has 0 amide bonds. The standard InChI is InChI=1S/C16H28/c1-6-7-10-15(4)12-13-16(5)11-8-9-14(2)3/h9,13H,4,6-8,10-12H2,1-3,5H3/b16-13+. The summed E-state index contributed by atoms with van der Waals surface area (Å²) < 4.78 is 0. The lowest BCUT2D eigenvalue weighted by Gasteiger charge is -2.03. The van der Waals surface area contributed by atoms with Crippen LogP contribution in [0.15, 0.2) is 35.5 Å². The van der Waals surface area contributed by atoms with Gasteiger partial charge in [0.05, 0.1) is 0 Å². The van der Waals surface area contributed by atoms with E-state index in [1.165, 1.54) is 48.8 Å². The van der Waals surface area contributed by atoms with E-state index in [1.54, 1.807) is 0 Å². The second-order valence-corrected chi connectivity index (χ2v) is 4.93. The molecular weight excluding hydrogens is 192 g/mol. The van der Waals surface area contributed by atoms with Gasteiger partial charge < -0.3 is 0 Å². The number of hydrogen-bond donors (Lipinski definition) is 0. The molecule has 0 unspecified atom stereocenters. The van der Waals surface area contributed by atoms with Crippen LogP contribution in [0.1, 0.15) is 66.2 Å². The molecule has 0 aromatic carbocycles. The van der Waals surface area contributed by atoms with E-state index < -0.39 is 0 Å². The highest BCUT2D eigenvalue weighted by molar-refractivity contribution is 5.08. The quantitative estimate of drug-likeness (QED) is 0.452. The lowest BCUT2D eigenvalue weighted by molar-refractivity contribution is 0.776. The molecule has 0 nitrogen and oxygen atoms in total. The van der Waals surface area contributed by atoms with Gasteiger partial charge in [0.25, 0.3) is 0 Å². The maximum Gasteiger partial charge on any atom is -0.0139 e. The van der Waals surface area contributed by atoms with Crippen molar-refractivity contribution in [2.24, 2.45) is 0 Å². The lowest BCUT2D eigenvalue weighted by atomic mass is 10.0. The summed E-state index contributed by atoms with van der Waals surface area (Å²) in [6, 6.07) is 0. The van der Waals surface area contributed by atoms with Gasteiger partial charge in [-0.15, -0.1) is 0 Å². The number of hydrogen-bond acceptors (Lipinski definition) is 0. The molecule has 0 fully saturated rings. The molecule has 0 spiro atoms. The number of unbranched alkanes of at least 4 members (excludes halogenated alkanes) is 1. The van der Waals surface area contributed by atoms with E-state index >= 15 is 0 Å². The van der Waals surface area contributed by atoms with Crippen LogP contribution in [0.3, 0.4) is 0 Å². The summed E-state index contributed by atoms with van der Waals surface area (Å²) in [4.78, 5) is 0. The minimum Gasteiger partial charge on any atom is -0.0995 e. The predicted octanol–water partition coefficient (Wildman–Crippen LogP) is 5.82. The Morgan fingerprint density at radius 1 is 1.06 bits per heavy atom. The molecule has 0 atom stereocenters. The normalized spacial score (nSPS) is 11.4. The summed E-state index contributed by atoms with van der Waals surface area (Å²) in [6.45, 7) is 12.9. The fourth-order valence-corrected chi connectivity index (χ4v) is 1.54. The van der Waals surface area contributed by atoms with Gasteiger partial charge >= 0.3 is 0 Å². The molecule has 0 aromatic heterocycles. The number of allylic oxidation sites excluding steroid dienone is 5. The molecule has 0 aliphatic heterocycles. The maximum absolute atomic E-state index is 4.12. The Morgan fingerprint density at radius 2 is 1.75 bits per heavy atom. The van der Waals surface area contributed by atoms with Crippen LogP contribution in [0, 0.1) is 0 Å². The van der Waals surface area contributed by atoms with Gasteiger partial charge in [-0.3, -0.25) is 0 Å². The largest absolute Gasteiger partial charge is 0.0995 e. The molecule has 0 aromatic rings. The monoisotopic (exact) mass is 220 g/mol. The average Bonchev–Trinajstić information content (AvgIpc) is 2.23. The van der Waals surface area contributed by atoms with E-state index in [4.69, 9.17) is 0 Å². The van der Waals surface area contributed by atoms with Crippen molar-refractivity contribution in [1.82, 2.24) is 0 Å². The van der Waals surface area contributed by atoms with Crippen molar-refractivity contribution in [2.75, 3.05) is 0 Å². The molecular formula is C16H28. The zero-order chi connectivity index (χ0) is 12.4. The van der Waals surface area contributed by atoms with Crippen LogP contribution in [-0.2, 0) is 0 Å². The zero-order valence-electron chi connectivity index (χ0n) is 11.6. The maximum atomic E-state index is 4.12. The van der Waals surface area contributed by atoms with Crippen molar-refractivity contribution < 1.29 is 0 Å². The third-order valence-corrected chi connectivity index (χ3v) is 2.71. The zero-order valence-corrected chi connectivity index (χ0v) is 11.6. The fraction of sp³-hybridized carbons (Fsp3) is 0.625. The van der Waals surface area contributed by atoms with Crippen molar-refractivity contribution in [3.8, 4) is 0 Å². The molecule has 0 aliphatic carbocycles. The Kier molecular flexibility index (Phi) is 8.99. The predicted molar refractivity (Wildman–Crippen MR) is 75.7 cm³/mol. The van der Waals surface area contributed by atoms with Gasteiger partial charge in [-0.2, -0.15) is 0 Å². The Balaban J connectivity index is 3.77. The van der Waals surface area contributed by atoms with Gasteiger partial charge in [0.15, 0.2) is 0 Å². The van der Waals surface area contributed by atoms with E-state index in [2.05, 4.69) is 46.4 Å². The number of rotatable bonds is 8. The van der Waals surface area contributed by atoms with Crippen molar-refractivity contribution in [1.29, 1.82) is 0 Å². The summed E-state index contributed by atoms with van der Waals surface area (Å²) in [6.07, 6.45) is 11.8. The van der Waals surface area contributed by atoms with Gasteiger partial charge in [-0.05, 0) is 52.9 Å². The van der Waals surface area contributed by atoms with Crippen LogP contribution < -0.4 is 0 Å². The Hall–Kier alpha value is -0.780. The highest BCUT2D eigenvalue weighted by Crippen LogP contribution is 2.13. The van der Waals surface area contributed by atoms with Crippen LogP contribution in [0.5, 0.6) is 0 Å². The van der Waals surface area contributed by atoms with Crippen molar-refractivity contribution in [2.45, 2.75) is 66.2 Å². The molecule has 16 heavy (non-hydrogen) atoms. The van der Waals surface area contributed by atoms with Crippen LogP contribution in [-0.4, -0.2) is 0 Å². The molecule has 0 radical (unpaired) electrons. The van der Waals surface area contributed by atoms with Crippen LogP contribution >= 0.6 is 0 Å². The molecule has 0 heterocycles. The fourth-order valence-electron chi connectivity index (χ4n) is 1.54. The molecule has 0 saturated heterocycles. The van der Waals surface area contributed by atoms with Gasteiger partial charge in [0.1, 0.15) is 0 Å². The van der Waals surface area contributed by atoms with Crippen LogP contribution in [0.2, 0.25) is 0 Å². The molecule has 0 N–H and O–H groups in total. The van der Waals surface area contributed by atoms with Crippen molar-refractivity contribution in [3.63, 3.8) is 0 Å². The highest BCUT2D eigenvalue weighted by Gasteiger charge is 1.93. The lowest BCUT2D eigenvalue weighted by Crippen LogP contribution is -1.82. The molecule has 0 saturated carbocycles. The van der Waals surface area contributed by atoms with Gasteiger partial charge in [-0.25, -0.2) is 0 Å². The molecule has 0 heteroatoms. The average molecular weight is 220 g/mol. The first kappa shape index (κ1) is 15.2. The second kappa shape index (κ2) is 9.45. The third kappa shape index (κ3) is 9.76. The first-order valence-electron chi connectivity index (χ1n) is 6.52. The van der Waals surface area contributed by atoms with E-state index in [0.29, 0.717) is 0 Å². The minimum atomic E-state index is 1.07. The minimum absolute atomic E-state index is 1.07. The van der Waals surface area contributed by atoms with Crippen LogP contribution in [0.4, 0.5) is 0 Å². The summed E-state index contributed by atoms with van der Waals surface area (Å²) in [5.74, 6) is 0. The van der Waals surface area contributed by atoms with E-state index in [0.717, 1.165) is 6.42 Å². The third-order valence-electron chi connectivity index (χ3n) is 2.71. The van der Waals surface area contributed by atoms with Gasteiger partial charge in [0, 0.05) is 0 Å². The Bertz CT molecular complexity index is 249. The highest BCUT2D eigenvalue weighted by atomic mass is 14.0. The molecule has 0 bridgehead atoms. The smallest absolute Gasteiger partial charge is 0.0139 e. The molecule has 92 valence electrons. The summed E-state index contributed by atoms with van der Waals surface area (Å²) in [5.41, 5.74) is 4.29. The first-order chi connectivity index (χ1) is 7.56. The van der Waals surface area contributed by atoms with Crippen LogP contribution in [0.25, 0.3) is 0 Å². The summed E-state index contributed by atoms with van der Waals surface area (Å²) >= 11 is 0. The summed E-state index contributed by atoms with van der Waals surface area (Å²) in [5, 5.41) is 0. The van der Waals surface area contributed by atoms with E-state index in [1.807, 2.05) is 0 Å². The van der Waals surface area contributed by atoms with Gasteiger partial charge in [-0.1, -0.05) is 48.8 Å². The Labute approximate surface area is 102 Å². The van der Waals surface area contributed by atoms with E-state index in [9.17, 15) is 0 Å². The molecule has 0 rings (SSSR count). The van der Waals surface area contributed by atoms with E-state index in [-0.39, 0.29) is 0 Å². The second-order valence-electron chi connectivity index (χ2n) is 4.93. The van der Waals surface area contributed by atoms with Gasteiger partial charge in [0.2, 0.25) is 0 Å². The SMILES string of the molecule is C=C(C/C=C(\C)CCC=C(C)C)CCCC. The molecule has 0 aliphatic rings. The first-order valence-corrected chi connectivity index (χ1v) is 6.52. The van der Waals surface area contributed by atoms with Crippen molar-refractivity contribution in [3.05, 3.63) is 35.5 Å².